The average molecular weight is 271 g/mol. The summed E-state index contributed by atoms with van der Waals surface area (Å²) in [5, 5.41) is 4.41. The Kier molecular flexibility index (Phi) is 4.04. The lowest BCUT2D eigenvalue weighted by Gasteiger charge is -2.24. The molecule has 0 aromatic heterocycles. The summed E-state index contributed by atoms with van der Waals surface area (Å²) in [5.74, 6) is 1.06. The van der Waals surface area contributed by atoms with Crippen LogP contribution in [-0.2, 0) is 4.74 Å². The molecule has 1 atom stereocenters. The van der Waals surface area contributed by atoms with Gasteiger partial charge in [0.15, 0.2) is 5.17 Å². The molecule has 0 aliphatic carbocycles. The summed E-state index contributed by atoms with van der Waals surface area (Å²) in [6, 6.07) is 0.307. The van der Waals surface area contributed by atoms with Gasteiger partial charge in [0.2, 0.25) is 0 Å². The topological polar surface area (TPSA) is 53.9 Å². The minimum atomic E-state index is -0.423. The summed E-state index contributed by atoms with van der Waals surface area (Å²) >= 11 is 1.75. The lowest BCUT2D eigenvalue weighted by atomic mass is 10.2. The van der Waals surface area contributed by atoms with Crippen LogP contribution in [0.2, 0.25) is 0 Å². The standard InChI is InChI=1S/C12H21N3O2S/c1-12(2,3)17-11(16)15-6-4-9(8-15)14-10-13-5-7-18-10/h9H,4-8H2,1-3H3,(H,13,14). The van der Waals surface area contributed by atoms with Gasteiger partial charge in [0, 0.05) is 24.9 Å². The largest absolute Gasteiger partial charge is 0.444 e. The second kappa shape index (κ2) is 5.38. The summed E-state index contributed by atoms with van der Waals surface area (Å²) in [6.07, 6.45) is 0.742. The van der Waals surface area contributed by atoms with Crippen LogP contribution in [0.15, 0.2) is 4.99 Å². The number of carbonyl (C=O) groups excluding carboxylic acids is 1. The Bertz CT molecular complexity index is 352. The number of amides is 1. The van der Waals surface area contributed by atoms with Crippen molar-refractivity contribution in [2.24, 2.45) is 4.99 Å². The van der Waals surface area contributed by atoms with Gasteiger partial charge in [0.1, 0.15) is 5.60 Å². The fourth-order valence-corrected chi connectivity index (χ4v) is 2.78. The van der Waals surface area contributed by atoms with Crippen molar-refractivity contribution in [1.82, 2.24) is 10.2 Å². The number of nitrogens with one attached hydrogen (secondary N) is 1. The molecule has 18 heavy (non-hydrogen) atoms. The normalized spacial score (nSPS) is 24.1. The van der Waals surface area contributed by atoms with Gasteiger partial charge in [-0.3, -0.25) is 4.99 Å². The van der Waals surface area contributed by atoms with Gasteiger partial charge in [0.25, 0.3) is 0 Å². The molecular formula is C12H21N3O2S. The van der Waals surface area contributed by atoms with Crippen LogP contribution in [0.1, 0.15) is 27.2 Å². The molecule has 0 saturated carbocycles. The number of amidine groups is 1. The molecule has 1 N–H and O–H groups in total. The number of ether oxygens (including phenoxy) is 1. The second-order valence-electron chi connectivity index (χ2n) is 5.59. The van der Waals surface area contributed by atoms with Crippen LogP contribution in [0.4, 0.5) is 4.79 Å². The number of hydrogen-bond acceptors (Lipinski definition) is 5. The van der Waals surface area contributed by atoms with Gasteiger partial charge < -0.3 is 15.0 Å². The van der Waals surface area contributed by atoms with Crippen LogP contribution in [0, 0.1) is 0 Å². The predicted molar refractivity (Wildman–Crippen MR) is 74.1 cm³/mol. The van der Waals surface area contributed by atoms with Crippen molar-refractivity contribution in [2.45, 2.75) is 38.8 Å². The highest BCUT2D eigenvalue weighted by atomic mass is 32.2. The van der Waals surface area contributed by atoms with E-state index in [2.05, 4.69) is 10.3 Å². The first-order valence-electron chi connectivity index (χ1n) is 6.36. The molecule has 5 nitrogen and oxygen atoms in total. The third kappa shape index (κ3) is 3.80. The second-order valence-corrected chi connectivity index (χ2v) is 6.68. The Hall–Kier alpha value is -0.910. The van der Waals surface area contributed by atoms with E-state index in [-0.39, 0.29) is 6.09 Å². The quantitative estimate of drug-likeness (QED) is 0.788. The van der Waals surface area contributed by atoms with Crippen LogP contribution in [0.3, 0.4) is 0 Å². The van der Waals surface area contributed by atoms with E-state index in [4.69, 9.17) is 4.74 Å². The van der Waals surface area contributed by atoms with Gasteiger partial charge in [-0.15, -0.1) is 0 Å². The summed E-state index contributed by atoms with van der Waals surface area (Å²) in [4.78, 5) is 18.0. The molecule has 0 aromatic carbocycles. The number of hydrogen-bond donors (Lipinski definition) is 1. The van der Waals surface area contributed by atoms with E-state index in [9.17, 15) is 4.79 Å². The molecule has 1 saturated heterocycles. The van der Waals surface area contributed by atoms with Gasteiger partial charge >= 0.3 is 6.09 Å². The molecule has 2 aliphatic rings. The lowest BCUT2D eigenvalue weighted by Crippen LogP contribution is -2.39. The summed E-state index contributed by atoms with van der Waals surface area (Å²) in [5.41, 5.74) is -0.423. The summed E-state index contributed by atoms with van der Waals surface area (Å²) in [6.45, 7) is 8.02. The van der Waals surface area contributed by atoms with Crippen molar-refractivity contribution in [3.63, 3.8) is 0 Å². The zero-order valence-electron chi connectivity index (χ0n) is 11.2. The van der Waals surface area contributed by atoms with Crippen molar-refractivity contribution in [3.8, 4) is 0 Å². The van der Waals surface area contributed by atoms with Gasteiger partial charge in [-0.1, -0.05) is 11.8 Å². The average Bonchev–Trinajstić information content (AvgIpc) is 2.86. The maximum Gasteiger partial charge on any atom is 0.410 e. The maximum atomic E-state index is 11.9. The summed E-state index contributed by atoms with van der Waals surface area (Å²) in [7, 11) is 0. The molecule has 0 spiro atoms. The van der Waals surface area contributed by atoms with Crippen molar-refractivity contribution in [2.75, 3.05) is 25.4 Å². The highest BCUT2D eigenvalue weighted by molar-refractivity contribution is 8.14. The molecule has 0 radical (unpaired) electrons. The van der Waals surface area contributed by atoms with Crippen molar-refractivity contribution >= 4 is 23.0 Å². The number of thioether (sulfide) groups is 1. The molecule has 1 amide bonds. The van der Waals surface area contributed by atoms with Gasteiger partial charge in [-0.25, -0.2) is 4.79 Å². The lowest BCUT2D eigenvalue weighted by molar-refractivity contribution is 0.0292. The fraction of sp³-hybridized carbons (Fsp3) is 0.833. The van der Waals surface area contributed by atoms with Crippen molar-refractivity contribution in [1.29, 1.82) is 0 Å². The fourth-order valence-electron chi connectivity index (χ4n) is 1.97. The molecule has 0 aromatic rings. The molecule has 1 unspecified atom stereocenters. The van der Waals surface area contributed by atoms with E-state index >= 15 is 0 Å². The molecule has 0 bridgehead atoms. The molecule has 1 fully saturated rings. The van der Waals surface area contributed by atoms with Crippen LogP contribution in [0.5, 0.6) is 0 Å². The van der Waals surface area contributed by atoms with Gasteiger partial charge in [-0.2, -0.15) is 0 Å². The summed E-state index contributed by atoms with van der Waals surface area (Å²) < 4.78 is 5.36. The molecule has 6 heteroatoms. The zero-order chi connectivity index (χ0) is 13.2. The van der Waals surface area contributed by atoms with Crippen LogP contribution in [0.25, 0.3) is 0 Å². The molecule has 102 valence electrons. The maximum absolute atomic E-state index is 11.9. The smallest absolute Gasteiger partial charge is 0.410 e. The predicted octanol–water partition coefficient (Wildman–Crippen LogP) is 1.69. The first-order valence-corrected chi connectivity index (χ1v) is 7.34. The molecule has 2 rings (SSSR count). The number of aliphatic imine (C=N–C) groups is 1. The van der Waals surface area contributed by atoms with Crippen LogP contribution < -0.4 is 5.32 Å². The Morgan fingerprint density at radius 3 is 2.94 bits per heavy atom. The Labute approximate surface area is 112 Å². The van der Waals surface area contributed by atoms with Crippen molar-refractivity contribution in [3.05, 3.63) is 0 Å². The van der Waals surface area contributed by atoms with Crippen LogP contribution >= 0.6 is 11.8 Å². The van der Waals surface area contributed by atoms with E-state index < -0.39 is 5.60 Å². The van der Waals surface area contributed by atoms with E-state index in [1.807, 2.05) is 20.8 Å². The Morgan fingerprint density at radius 1 is 1.56 bits per heavy atom. The van der Waals surface area contributed by atoms with Gasteiger partial charge in [-0.05, 0) is 27.2 Å². The highest BCUT2D eigenvalue weighted by Crippen LogP contribution is 2.17. The van der Waals surface area contributed by atoms with Crippen LogP contribution in [-0.4, -0.2) is 53.2 Å². The number of carbonyl (C=O) groups is 1. The SMILES string of the molecule is CC(C)(C)OC(=O)N1CCC(NC2=NCCS2)C1. The molecule has 2 aliphatic heterocycles. The minimum Gasteiger partial charge on any atom is -0.444 e. The number of rotatable bonds is 1. The number of likely N-dealkylation sites (tertiary alicyclic amines) is 1. The minimum absolute atomic E-state index is 0.215. The van der Waals surface area contributed by atoms with E-state index in [0.29, 0.717) is 12.6 Å². The monoisotopic (exact) mass is 271 g/mol. The first kappa shape index (κ1) is 13.5. The van der Waals surface area contributed by atoms with E-state index in [1.165, 1.54) is 0 Å². The first-order chi connectivity index (χ1) is 8.44. The molecule has 2 heterocycles. The third-order valence-corrected chi connectivity index (χ3v) is 3.66. The Morgan fingerprint density at radius 2 is 2.33 bits per heavy atom. The number of nitrogens with zero attached hydrogens (tertiary/aromatic N) is 2. The van der Waals surface area contributed by atoms with Gasteiger partial charge in [0.05, 0.1) is 6.54 Å². The molecular weight excluding hydrogens is 250 g/mol. The highest BCUT2D eigenvalue weighted by Gasteiger charge is 2.30. The third-order valence-electron chi connectivity index (χ3n) is 2.75. The van der Waals surface area contributed by atoms with E-state index in [0.717, 1.165) is 30.4 Å². The van der Waals surface area contributed by atoms with Crippen molar-refractivity contribution < 1.29 is 9.53 Å². The van der Waals surface area contributed by atoms with E-state index in [1.54, 1.807) is 16.7 Å². The zero-order valence-corrected chi connectivity index (χ0v) is 12.0. The Balaban J connectivity index is 1.79.